The van der Waals surface area contributed by atoms with Gasteiger partial charge in [-0.1, -0.05) is 6.07 Å². The van der Waals surface area contributed by atoms with Gasteiger partial charge in [0.15, 0.2) is 11.5 Å². The van der Waals surface area contributed by atoms with Crippen LogP contribution in [-0.4, -0.2) is 19.8 Å². The van der Waals surface area contributed by atoms with Crippen LogP contribution in [0.5, 0.6) is 11.5 Å². The van der Waals surface area contributed by atoms with E-state index in [1.165, 1.54) is 6.07 Å². The third-order valence-corrected chi connectivity index (χ3v) is 3.18. The highest BCUT2D eigenvalue weighted by atomic mass is 19.4. The van der Waals surface area contributed by atoms with Crippen molar-refractivity contribution >= 4 is 0 Å². The Morgan fingerprint density at radius 1 is 1.00 bits per heavy atom. The van der Waals surface area contributed by atoms with Crippen LogP contribution in [0, 0.1) is 5.92 Å². The first-order chi connectivity index (χ1) is 10.1. The van der Waals surface area contributed by atoms with E-state index in [0.717, 1.165) is 25.0 Å². The molecule has 0 radical (unpaired) electrons. The number of benzene rings is 1. The smallest absolute Gasteiger partial charge is 0.402 e. The Balaban J connectivity index is 2.33. The summed E-state index contributed by atoms with van der Waals surface area (Å²) in [4.78, 5) is 0. The Morgan fingerprint density at radius 3 is 2.00 bits per heavy atom. The Bertz CT molecular complexity index is 524. The molecular formula is C13H13F6NO2. The van der Waals surface area contributed by atoms with Crippen LogP contribution < -0.4 is 14.8 Å². The average Bonchev–Trinajstić information content (AvgIpc) is 3.14. The second-order valence-corrected chi connectivity index (χ2v) is 4.91. The van der Waals surface area contributed by atoms with Crippen LogP contribution in [0.1, 0.15) is 24.4 Å². The van der Waals surface area contributed by atoms with Gasteiger partial charge >= 0.3 is 12.7 Å². The van der Waals surface area contributed by atoms with E-state index >= 15 is 0 Å². The lowest BCUT2D eigenvalue weighted by molar-refractivity contribution is -0.287. The summed E-state index contributed by atoms with van der Waals surface area (Å²) in [6.07, 6.45) is -8.41. The van der Waals surface area contributed by atoms with E-state index in [1.54, 1.807) is 7.05 Å². The molecule has 1 aliphatic carbocycles. The van der Waals surface area contributed by atoms with E-state index in [0.29, 0.717) is 5.56 Å². The van der Waals surface area contributed by atoms with Crippen molar-refractivity contribution < 1.29 is 35.8 Å². The van der Waals surface area contributed by atoms with Gasteiger partial charge in [0, 0.05) is 6.04 Å². The van der Waals surface area contributed by atoms with Gasteiger partial charge in [-0.25, -0.2) is 0 Å². The van der Waals surface area contributed by atoms with Crippen LogP contribution in [-0.2, 0) is 0 Å². The lowest BCUT2D eigenvalue weighted by atomic mass is 10.0. The molecule has 1 aromatic rings. The maximum absolute atomic E-state index is 12.4. The highest BCUT2D eigenvalue weighted by molar-refractivity contribution is 5.44. The van der Waals surface area contributed by atoms with Crippen molar-refractivity contribution in [3.05, 3.63) is 23.8 Å². The zero-order valence-electron chi connectivity index (χ0n) is 11.4. The zero-order chi connectivity index (χ0) is 16.5. The molecular weight excluding hydrogens is 316 g/mol. The molecule has 0 spiro atoms. The van der Waals surface area contributed by atoms with Gasteiger partial charge in [-0.15, -0.1) is 26.3 Å². The van der Waals surface area contributed by atoms with E-state index in [2.05, 4.69) is 14.8 Å². The molecule has 0 amide bonds. The highest BCUT2D eigenvalue weighted by Gasteiger charge is 2.38. The van der Waals surface area contributed by atoms with Crippen LogP contribution in [0.25, 0.3) is 0 Å². The van der Waals surface area contributed by atoms with Gasteiger partial charge in [0.05, 0.1) is 0 Å². The van der Waals surface area contributed by atoms with Gasteiger partial charge in [0.25, 0.3) is 0 Å². The van der Waals surface area contributed by atoms with E-state index in [9.17, 15) is 26.3 Å². The number of rotatable bonds is 5. The fraction of sp³-hybridized carbons (Fsp3) is 0.538. The Morgan fingerprint density at radius 2 is 1.55 bits per heavy atom. The number of hydrogen-bond donors (Lipinski definition) is 1. The van der Waals surface area contributed by atoms with E-state index < -0.39 is 24.2 Å². The summed E-state index contributed by atoms with van der Waals surface area (Å²) in [5, 5.41) is 2.94. The van der Waals surface area contributed by atoms with E-state index in [1.807, 2.05) is 0 Å². The predicted octanol–water partition coefficient (Wildman–Crippen LogP) is 4.15. The summed E-state index contributed by atoms with van der Waals surface area (Å²) in [6.45, 7) is 0. The highest BCUT2D eigenvalue weighted by Crippen LogP contribution is 2.44. The predicted molar refractivity (Wildman–Crippen MR) is 64.3 cm³/mol. The molecule has 9 heteroatoms. The molecule has 1 N–H and O–H groups in total. The third-order valence-electron chi connectivity index (χ3n) is 3.18. The van der Waals surface area contributed by atoms with Crippen molar-refractivity contribution in [2.45, 2.75) is 31.6 Å². The van der Waals surface area contributed by atoms with Crippen molar-refractivity contribution in [2.24, 2.45) is 5.92 Å². The van der Waals surface area contributed by atoms with Crippen molar-refractivity contribution in [1.29, 1.82) is 0 Å². The summed E-state index contributed by atoms with van der Waals surface area (Å²) >= 11 is 0. The molecule has 1 atom stereocenters. The SMILES string of the molecule is CNC(c1ccc(OC(F)(F)F)c(OC(F)(F)F)c1)C1CC1. The maximum atomic E-state index is 12.4. The third kappa shape index (κ3) is 4.69. The molecule has 22 heavy (non-hydrogen) atoms. The van der Waals surface area contributed by atoms with E-state index in [-0.39, 0.29) is 12.0 Å². The summed E-state index contributed by atoms with van der Waals surface area (Å²) in [6, 6.07) is 2.81. The second kappa shape index (κ2) is 5.86. The molecule has 1 aromatic carbocycles. The molecule has 2 rings (SSSR count). The lowest BCUT2D eigenvalue weighted by Gasteiger charge is -2.20. The lowest BCUT2D eigenvalue weighted by Crippen LogP contribution is -2.22. The number of ether oxygens (including phenoxy) is 2. The molecule has 124 valence electrons. The first kappa shape index (κ1) is 16.7. The Kier molecular flexibility index (Phi) is 4.46. The number of alkyl halides is 6. The molecule has 1 fully saturated rings. The van der Waals surface area contributed by atoms with Crippen LogP contribution >= 0.6 is 0 Å². The van der Waals surface area contributed by atoms with Crippen molar-refractivity contribution in [3.63, 3.8) is 0 Å². The van der Waals surface area contributed by atoms with Gasteiger partial charge in [-0.3, -0.25) is 0 Å². The van der Waals surface area contributed by atoms with Gasteiger partial charge in [0.2, 0.25) is 0 Å². The largest absolute Gasteiger partial charge is 0.573 e. The molecule has 1 unspecified atom stereocenters. The standard InChI is InChI=1S/C13H13F6NO2/c1-20-11(7-2-3-7)8-4-5-9(21-12(14,15)16)10(6-8)22-13(17,18)19/h4-7,11,20H,2-3H2,1H3. The molecule has 0 aromatic heterocycles. The van der Waals surface area contributed by atoms with Crippen LogP contribution in [0.4, 0.5) is 26.3 Å². The van der Waals surface area contributed by atoms with E-state index in [4.69, 9.17) is 0 Å². The average molecular weight is 329 g/mol. The van der Waals surface area contributed by atoms with Crippen LogP contribution in [0.2, 0.25) is 0 Å². The zero-order valence-corrected chi connectivity index (χ0v) is 11.4. The van der Waals surface area contributed by atoms with Gasteiger partial charge in [0.1, 0.15) is 0 Å². The van der Waals surface area contributed by atoms with Gasteiger partial charge < -0.3 is 14.8 Å². The number of hydrogen-bond acceptors (Lipinski definition) is 3. The molecule has 0 saturated heterocycles. The monoisotopic (exact) mass is 329 g/mol. The summed E-state index contributed by atoms with van der Waals surface area (Å²) < 4.78 is 81.1. The Labute approximate surface area is 122 Å². The Hall–Kier alpha value is -1.64. The maximum Gasteiger partial charge on any atom is 0.573 e. The van der Waals surface area contributed by atoms with Gasteiger partial charge in [-0.2, -0.15) is 0 Å². The fourth-order valence-electron chi connectivity index (χ4n) is 2.24. The molecule has 0 aliphatic heterocycles. The summed E-state index contributed by atoms with van der Waals surface area (Å²) in [7, 11) is 1.63. The van der Waals surface area contributed by atoms with Crippen molar-refractivity contribution in [3.8, 4) is 11.5 Å². The minimum absolute atomic E-state index is 0.240. The molecule has 1 saturated carbocycles. The molecule has 0 heterocycles. The first-order valence-corrected chi connectivity index (χ1v) is 6.42. The second-order valence-electron chi connectivity index (χ2n) is 4.91. The topological polar surface area (TPSA) is 30.5 Å². The van der Waals surface area contributed by atoms with Gasteiger partial charge in [-0.05, 0) is 43.5 Å². The molecule has 3 nitrogen and oxygen atoms in total. The first-order valence-electron chi connectivity index (χ1n) is 6.42. The molecule has 0 bridgehead atoms. The molecule has 1 aliphatic rings. The normalized spacial score (nSPS) is 17.2. The van der Waals surface area contributed by atoms with Crippen LogP contribution in [0.15, 0.2) is 18.2 Å². The summed E-state index contributed by atoms with van der Waals surface area (Å²) in [5.41, 5.74) is 0.416. The minimum Gasteiger partial charge on any atom is -0.402 e. The quantitative estimate of drug-likeness (QED) is 0.823. The minimum atomic E-state index is -5.11. The number of halogens is 6. The van der Waals surface area contributed by atoms with Crippen LogP contribution in [0.3, 0.4) is 0 Å². The van der Waals surface area contributed by atoms with Crippen molar-refractivity contribution in [1.82, 2.24) is 5.32 Å². The fourth-order valence-corrected chi connectivity index (χ4v) is 2.24. The summed E-state index contributed by atoms with van der Waals surface area (Å²) in [5.74, 6) is -1.79. The number of nitrogens with one attached hydrogen (secondary N) is 1. The van der Waals surface area contributed by atoms with Crippen molar-refractivity contribution in [2.75, 3.05) is 7.05 Å².